The molecule has 27 heavy (non-hydrogen) atoms. The van der Waals surface area contributed by atoms with Crippen molar-refractivity contribution in [3.8, 4) is 5.75 Å². The van der Waals surface area contributed by atoms with Gasteiger partial charge in [-0.2, -0.15) is 0 Å². The van der Waals surface area contributed by atoms with Crippen LogP contribution in [0.3, 0.4) is 0 Å². The maximum Gasteiger partial charge on any atom is 0.410 e. The fraction of sp³-hybridized carbons (Fsp3) is 0.550. The first-order valence-corrected chi connectivity index (χ1v) is 9.48. The molecule has 0 radical (unpaired) electrons. The van der Waals surface area contributed by atoms with Gasteiger partial charge in [0.25, 0.3) is 5.91 Å². The van der Waals surface area contributed by atoms with Gasteiger partial charge >= 0.3 is 6.09 Å². The highest BCUT2D eigenvalue weighted by molar-refractivity contribution is 5.95. The number of benzene rings is 1. The van der Waals surface area contributed by atoms with Gasteiger partial charge in [0.05, 0.1) is 6.54 Å². The summed E-state index contributed by atoms with van der Waals surface area (Å²) in [5.74, 6) is 0.553. The Kier molecular flexibility index (Phi) is 5.68. The average molecular weight is 374 g/mol. The zero-order valence-corrected chi connectivity index (χ0v) is 15.9. The fourth-order valence-electron chi connectivity index (χ4n) is 3.54. The molecule has 2 heterocycles. The van der Waals surface area contributed by atoms with Gasteiger partial charge in [-0.3, -0.25) is 9.59 Å². The summed E-state index contributed by atoms with van der Waals surface area (Å²) in [5.41, 5.74) is 0.191. The molecule has 0 saturated carbocycles. The number of rotatable bonds is 6. The summed E-state index contributed by atoms with van der Waals surface area (Å²) in [5, 5.41) is 0. The molecular weight excluding hydrogens is 348 g/mol. The van der Waals surface area contributed by atoms with Crippen molar-refractivity contribution < 1.29 is 23.9 Å². The van der Waals surface area contributed by atoms with Gasteiger partial charge in [0, 0.05) is 44.5 Å². The highest BCUT2D eigenvalue weighted by atomic mass is 16.6. The van der Waals surface area contributed by atoms with Gasteiger partial charge in [0.1, 0.15) is 11.4 Å². The first-order valence-electron chi connectivity index (χ1n) is 9.48. The van der Waals surface area contributed by atoms with E-state index in [9.17, 15) is 14.4 Å². The summed E-state index contributed by atoms with van der Waals surface area (Å²) in [4.78, 5) is 39.3. The Hall–Kier alpha value is -2.57. The molecule has 146 valence electrons. The summed E-state index contributed by atoms with van der Waals surface area (Å²) in [6.07, 6.45) is 1.50. The first-order chi connectivity index (χ1) is 13.0. The molecule has 2 saturated heterocycles. The van der Waals surface area contributed by atoms with Gasteiger partial charge < -0.3 is 19.3 Å². The maximum absolute atomic E-state index is 12.4. The minimum atomic E-state index is -0.452. The van der Waals surface area contributed by atoms with Crippen LogP contribution in [0.4, 0.5) is 4.79 Å². The number of hydrogen-bond acceptors (Lipinski definition) is 5. The maximum atomic E-state index is 12.4. The largest absolute Gasteiger partial charge is 0.484 e. The topological polar surface area (TPSA) is 76.2 Å². The molecule has 0 unspecified atom stereocenters. The van der Waals surface area contributed by atoms with Crippen LogP contribution in [0.15, 0.2) is 24.3 Å². The number of Topliss-reactive ketones (excluding diaryl/α,β-unsaturated/α-hetero) is 1. The van der Waals surface area contributed by atoms with Crippen molar-refractivity contribution in [3.63, 3.8) is 0 Å². The number of piperidine rings is 1. The summed E-state index contributed by atoms with van der Waals surface area (Å²) in [7, 11) is 0. The lowest BCUT2D eigenvalue weighted by Crippen LogP contribution is -2.49. The van der Waals surface area contributed by atoms with Crippen molar-refractivity contribution in [1.29, 1.82) is 0 Å². The van der Waals surface area contributed by atoms with E-state index in [0.717, 1.165) is 0 Å². The van der Waals surface area contributed by atoms with Gasteiger partial charge in [-0.05, 0) is 31.2 Å². The normalized spacial score (nSPS) is 18.5. The number of ether oxygens (including phenoxy) is 2. The van der Waals surface area contributed by atoms with Crippen molar-refractivity contribution in [2.45, 2.75) is 38.7 Å². The Morgan fingerprint density at radius 2 is 1.81 bits per heavy atom. The molecule has 0 atom stereocenters. The van der Waals surface area contributed by atoms with E-state index in [1.807, 2.05) is 13.8 Å². The number of likely N-dealkylation sites (tertiary alicyclic amines) is 1. The molecule has 1 aromatic carbocycles. The SMILES string of the molecule is CCC(=O)c1ccc(OCC(=O)N2CCC3(CC2)CN(CC)C(=O)O3)cc1. The highest BCUT2D eigenvalue weighted by Gasteiger charge is 2.46. The fourth-order valence-corrected chi connectivity index (χ4v) is 3.54. The Morgan fingerprint density at radius 3 is 2.37 bits per heavy atom. The van der Waals surface area contributed by atoms with Crippen LogP contribution in [0.5, 0.6) is 5.75 Å². The van der Waals surface area contributed by atoms with Crippen LogP contribution in [0, 0.1) is 0 Å². The van der Waals surface area contributed by atoms with E-state index in [1.54, 1.807) is 34.1 Å². The monoisotopic (exact) mass is 374 g/mol. The van der Waals surface area contributed by atoms with E-state index < -0.39 is 5.60 Å². The molecule has 0 aliphatic carbocycles. The zero-order chi connectivity index (χ0) is 19.4. The van der Waals surface area contributed by atoms with E-state index in [1.165, 1.54) is 0 Å². The second-order valence-electron chi connectivity index (χ2n) is 7.04. The lowest BCUT2D eigenvalue weighted by Gasteiger charge is -2.37. The van der Waals surface area contributed by atoms with Crippen molar-refractivity contribution in [1.82, 2.24) is 9.80 Å². The van der Waals surface area contributed by atoms with Crippen LogP contribution >= 0.6 is 0 Å². The van der Waals surface area contributed by atoms with Crippen molar-refractivity contribution >= 4 is 17.8 Å². The van der Waals surface area contributed by atoms with E-state index in [0.29, 0.717) is 56.8 Å². The Bertz CT molecular complexity index is 708. The average Bonchev–Trinajstić information content (AvgIpc) is 3.01. The molecule has 3 rings (SSSR count). The number of amides is 2. The molecule has 2 amide bonds. The highest BCUT2D eigenvalue weighted by Crippen LogP contribution is 2.33. The number of ketones is 1. The number of likely N-dealkylation sites (N-methyl/N-ethyl adjacent to an activating group) is 1. The third-order valence-corrected chi connectivity index (χ3v) is 5.31. The number of carbonyl (C=O) groups excluding carboxylic acids is 3. The smallest absolute Gasteiger partial charge is 0.410 e. The molecule has 0 N–H and O–H groups in total. The summed E-state index contributed by atoms with van der Waals surface area (Å²) >= 11 is 0. The molecule has 7 nitrogen and oxygen atoms in total. The second kappa shape index (κ2) is 7.98. The van der Waals surface area contributed by atoms with Crippen molar-refractivity contribution in [3.05, 3.63) is 29.8 Å². The standard InChI is InChI=1S/C20H26N2O5/c1-3-17(23)15-5-7-16(8-6-15)26-13-18(24)22-11-9-20(10-12-22)14-21(4-2)19(25)27-20/h5-8H,3-4,9-14H2,1-2H3. The van der Waals surface area contributed by atoms with Crippen LogP contribution in [-0.2, 0) is 9.53 Å². The Labute approximate surface area is 159 Å². The zero-order valence-electron chi connectivity index (χ0n) is 15.9. The van der Waals surface area contributed by atoms with Crippen molar-refractivity contribution in [2.75, 3.05) is 32.8 Å². The Balaban J connectivity index is 1.47. The third kappa shape index (κ3) is 4.23. The molecule has 0 bridgehead atoms. The van der Waals surface area contributed by atoms with Crippen molar-refractivity contribution in [2.24, 2.45) is 0 Å². The number of nitrogens with zero attached hydrogens (tertiary/aromatic N) is 2. The van der Waals surface area contributed by atoms with Gasteiger partial charge in [-0.25, -0.2) is 4.79 Å². The van der Waals surface area contributed by atoms with E-state index in [2.05, 4.69) is 0 Å². The molecule has 2 fully saturated rings. The van der Waals surface area contributed by atoms with Gasteiger partial charge in [-0.1, -0.05) is 6.92 Å². The lowest BCUT2D eigenvalue weighted by molar-refractivity contribution is -0.136. The molecule has 1 spiro atoms. The van der Waals surface area contributed by atoms with E-state index in [4.69, 9.17) is 9.47 Å². The van der Waals surface area contributed by atoms with Crippen LogP contribution in [0.25, 0.3) is 0 Å². The molecule has 0 aromatic heterocycles. The van der Waals surface area contributed by atoms with Crippen LogP contribution in [0.2, 0.25) is 0 Å². The number of carbonyl (C=O) groups is 3. The molecule has 1 aromatic rings. The minimum Gasteiger partial charge on any atom is -0.484 e. The first kappa shape index (κ1) is 19.2. The molecule has 2 aliphatic rings. The molecular formula is C20H26N2O5. The summed E-state index contributed by atoms with van der Waals surface area (Å²) in [6, 6.07) is 6.84. The van der Waals surface area contributed by atoms with Crippen LogP contribution in [0.1, 0.15) is 43.5 Å². The van der Waals surface area contributed by atoms with Gasteiger partial charge in [-0.15, -0.1) is 0 Å². The van der Waals surface area contributed by atoms with Crippen LogP contribution in [-0.4, -0.2) is 66.0 Å². The number of hydrogen-bond donors (Lipinski definition) is 0. The predicted molar refractivity (Wildman–Crippen MR) is 98.8 cm³/mol. The summed E-state index contributed by atoms with van der Waals surface area (Å²) in [6.45, 7) is 6.05. The summed E-state index contributed by atoms with van der Waals surface area (Å²) < 4.78 is 11.1. The van der Waals surface area contributed by atoms with Crippen LogP contribution < -0.4 is 4.74 Å². The van der Waals surface area contributed by atoms with E-state index >= 15 is 0 Å². The van der Waals surface area contributed by atoms with E-state index in [-0.39, 0.29) is 24.4 Å². The third-order valence-electron chi connectivity index (χ3n) is 5.31. The Morgan fingerprint density at radius 1 is 1.15 bits per heavy atom. The molecule has 2 aliphatic heterocycles. The van der Waals surface area contributed by atoms with Gasteiger partial charge in [0.15, 0.2) is 12.4 Å². The second-order valence-corrected chi connectivity index (χ2v) is 7.04. The lowest BCUT2D eigenvalue weighted by atomic mass is 9.91. The molecule has 7 heteroatoms. The minimum absolute atomic E-state index is 0.0467. The predicted octanol–water partition coefficient (Wildman–Crippen LogP) is 2.49. The van der Waals surface area contributed by atoms with Gasteiger partial charge in [0.2, 0.25) is 0 Å². The quantitative estimate of drug-likeness (QED) is 0.715.